The maximum atomic E-state index is 12.1. The molecule has 2 N–H and O–H groups in total. The third kappa shape index (κ3) is 4.09. The van der Waals surface area contributed by atoms with E-state index < -0.39 is 0 Å². The molecule has 22 heavy (non-hydrogen) atoms. The summed E-state index contributed by atoms with van der Waals surface area (Å²) in [5.41, 5.74) is 8.15. The van der Waals surface area contributed by atoms with Gasteiger partial charge >= 0.3 is 0 Å². The molecule has 4 nitrogen and oxygen atoms in total. The Bertz CT molecular complexity index is 696. The molecule has 0 spiro atoms. The molecule has 0 aromatic heterocycles. The lowest BCUT2D eigenvalue weighted by atomic mass is 10.0. The molecule has 2 rings (SSSR count). The highest BCUT2D eigenvalue weighted by Crippen LogP contribution is 2.12. The number of benzene rings is 2. The van der Waals surface area contributed by atoms with E-state index in [1.807, 2.05) is 26.0 Å². The van der Waals surface area contributed by atoms with Crippen molar-refractivity contribution < 1.29 is 9.59 Å². The van der Waals surface area contributed by atoms with E-state index in [0.717, 1.165) is 16.7 Å². The van der Waals surface area contributed by atoms with Crippen molar-refractivity contribution in [2.45, 2.75) is 20.3 Å². The first-order chi connectivity index (χ1) is 10.5. The Morgan fingerprint density at radius 2 is 1.68 bits per heavy atom. The molecule has 2 aromatic rings. The molecule has 2 amide bonds. The zero-order valence-corrected chi connectivity index (χ0v) is 13.2. The highest BCUT2D eigenvalue weighted by Gasteiger charge is 2.11. The zero-order valence-electron chi connectivity index (χ0n) is 12.4. The van der Waals surface area contributed by atoms with Crippen molar-refractivity contribution in [1.82, 2.24) is 10.9 Å². The van der Waals surface area contributed by atoms with E-state index in [1.54, 1.807) is 30.3 Å². The fourth-order valence-electron chi connectivity index (χ4n) is 2.02. The zero-order chi connectivity index (χ0) is 16.1. The number of nitrogens with one attached hydrogen (secondary N) is 2. The number of hydrogen-bond donors (Lipinski definition) is 2. The minimum Gasteiger partial charge on any atom is -0.273 e. The Labute approximate surface area is 134 Å². The van der Waals surface area contributed by atoms with E-state index in [0.29, 0.717) is 10.6 Å². The van der Waals surface area contributed by atoms with Gasteiger partial charge in [0.2, 0.25) is 5.91 Å². The number of amides is 2. The molecular formula is C17H17ClN2O2. The number of carbonyl (C=O) groups is 2. The summed E-state index contributed by atoms with van der Waals surface area (Å²) in [4.78, 5) is 23.9. The largest absolute Gasteiger partial charge is 0.273 e. The molecule has 0 aliphatic rings. The maximum absolute atomic E-state index is 12.1. The van der Waals surface area contributed by atoms with Gasteiger partial charge in [-0.3, -0.25) is 20.4 Å². The van der Waals surface area contributed by atoms with Crippen molar-refractivity contribution in [2.24, 2.45) is 0 Å². The third-order valence-corrected chi connectivity index (χ3v) is 3.69. The van der Waals surface area contributed by atoms with Crippen molar-refractivity contribution in [3.63, 3.8) is 0 Å². The fourth-order valence-corrected chi connectivity index (χ4v) is 2.15. The third-order valence-electron chi connectivity index (χ3n) is 3.44. The SMILES string of the molecule is Cc1cccc(C(=O)NNC(=O)Cc2ccc(Cl)cc2)c1C. The Morgan fingerprint density at radius 1 is 1.00 bits per heavy atom. The van der Waals surface area contributed by atoms with Gasteiger partial charge in [-0.1, -0.05) is 35.9 Å². The van der Waals surface area contributed by atoms with Crippen LogP contribution in [0.2, 0.25) is 5.02 Å². The monoisotopic (exact) mass is 316 g/mol. The predicted octanol–water partition coefficient (Wildman–Crippen LogP) is 2.96. The van der Waals surface area contributed by atoms with Gasteiger partial charge < -0.3 is 0 Å². The van der Waals surface area contributed by atoms with E-state index in [1.165, 1.54) is 0 Å². The topological polar surface area (TPSA) is 58.2 Å². The van der Waals surface area contributed by atoms with Crippen LogP contribution in [0.4, 0.5) is 0 Å². The average Bonchev–Trinajstić information content (AvgIpc) is 2.50. The maximum Gasteiger partial charge on any atom is 0.269 e. The molecule has 0 bridgehead atoms. The molecule has 0 saturated heterocycles. The summed E-state index contributed by atoms with van der Waals surface area (Å²) in [5, 5.41) is 0.618. The van der Waals surface area contributed by atoms with Gasteiger partial charge in [-0.05, 0) is 48.7 Å². The van der Waals surface area contributed by atoms with Gasteiger partial charge in [0.15, 0.2) is 0 Å². The minimum atomic E-state index is -0.328. The van der Waals surface area contributed by atoms with E-state index >= 15 is 0 Å². The van der Waals surface area contributed by atoms with Crippen molar-refractivity contribution in [3.05, 3.63) is 69.7 Å². The van der Waals surface area contributed by atoms with Crippen molar-refractivity contribution in [3.8, 4) is 0 Å². The lowest BCUT2D eigenvalue weighted by Crippen LogP contribution is -2.42. The lowest BCUT2D eigenvalue weighted by molar-refractivity contribution is -0.121. The number of hydrogen-bond acceptors (Lipinski definition) is 2. The molecule has 0 saturated carbocycles. The first kappa shape index (κ1) is 16.0. The van der Waals surface area contributed by atoms with Gasteiger partial charge in [-0.25, -0.2) is 0 Å². The molecule has 0 aliphatic heterocycles. The van der Waals surface area contributed by atoms with Crippen LogP contribution in [-0.2, 0) is 11.2 Å². The van der Waals surface area contributed by atoms with Gasteiger partial charge in [0.1, 0.15) is 0 Å². The second-order valence-electron chi connectivity index (χ2n) is 5.05. The highest BCUT2D eigenvalue weighted by molar-refractivity contribution is 6.30. The molecule has 0 fully saturated rings. The van der Waals surface area contributed by atoms with Crippen molar-refractivity contribution in [1.29, 1.82) is 0 Å². The van der Waals surface area contributed by atoms with Crippen LogP contribution in [-0.4, -0.2) is 11.8 Å². The highest BCUT2D eigenvalue weighted by atomic mass is 35.5. The molecule has 0 radical (unpaired) electrons. The van der Waals surface area contributed by atoms with Crippen LogP contribution in [0.3, 0.4) is 0 Å². The van der Waals surface area contributed by atoms with E-state index in [4.69, 9.17) is 11.6 Å². The Kier molecular flexibility index (Phi) is 5.17. The Hall–Kier alpha value is -2.33. The molecule has 2 aromatic carbocycles. The molecule has 0 unspecified atom stereocenters. The van der Waals surface area contributed by atoms with Crippen LogP contribution in [0.1, 0.15) is 27.0 Å². The second-order valence-corrected chi connectivity index (χ2v) is 5.49. The van der Waals surface area contributed by atoms with E-state index in [-0.39, 0.29) is 18.2 Å². The quantitative estimate of drug-likeness (QED) is 0.855. The number of aryl methyl sites for hydroxylation is 1. The van der Waals surface area contributed by atoms with Gasteiger partial charge in [0.25, 0.3) is 5.91 Å². The van der Waals surface area contributed by atoms with Crippen LogP contribution in [0.5, 0.6) is 0 Å². The summed E-state index contributed by atoms with van der Waals surface area (Å²) in [5.74, 6) is -0.619. The predicted molar refractivity (Wildman–Crippen MR) is 86.7 cm³/mol. The molecule has 5 heteroatoms. The number of hydrazine groups is 1. The number of halogens is 1. The van der Waals surface area contributed by atoms with E-state index in [9.17, 15) is 9.59 Å². The smallest absolute Gasteiger partial charge is 0.269 e. The standard InChI is InChI=1S/C17H17ClN2O2/c1-11-4-3-5-15(12(11)2)17(22)20-19-16(21)10-13-6-8-14(18)9-7-13/h3-9H,10H2,1-2H3,(H,19,21)(H,20,22). The van der Waals surface area contributed by atoms with Crippen LogP contribution in [0.25, 0.3) is 0 Å². The summed E-state index contributed by atoms with van der Waals surface area (Å²) in [6.45, 7) is 3.81. The first-order valence-electron chi connectivity index (χ1n) is 6.87. The second kappa shape index (κ2) is 7.09. The normalized spacial score (nSPS) is 10.1. The first-order valence-corrected chi connectivity index (χ1v) is 7.25. The Balaban J connectivity index is 1.92. The van der Waals surface area contributed by atoms with Crippen LogP contribution in [0.15, 0.2) is 42.5 Å². The summed E-state index contributed by atoms with van der Waals surface area (Å²) >= 11 is 5.79. The number of rotatable bonds is 3. The average molecular weight is 317 g/mol. The molecule has 0 atom stereocenters. The molecule has 0 aliphatic carbocycles. The van der Waals surface area contributed by atoms with Gasteiger partial charge in [0.05, 0.1) is 6.42 Å². The molecule has 114 valence electrons. The Morgan fingerprint density at radius 3 is 2.36 bits per heavy atom. The van der Waals surface area contributed by atoms with Crippen LogP contribution < -0.4 is 10.9 Å². The van der Waals surface area contributed by atoms with Gasteiger partial charge in [-0.15, -0.1) is 0 Å². The van der Waals surface area contributed by atoms with Crippen molar-refractivity contribution >= 4 is 23.4 Å². The summed E-state index contributed by atoms with van der Waals surface area (Å²) < 4.78 is 0. The van der Waals surface area contributed by atoms with Crippen LogP contribution >= 0.6 is 11.6 Å². The van der Waals surface area contributed by atoms with Crippen molar-refractivity contribution in [2.75, 3.05) is 0 Å². The van der Waals surface area contributed by atoms with Gasteiger partial charge in [-0.2, -0.15) is 0 Å². The fraction of sp³-hybridized carbons (Fsp3) is 0.176. The molecular weight excluding hydrogens is 300 g/mol. The lowest BCUT2D eigenvalue weighted by Gasteiger charge is -2.10. The molecule has 0 heterocycles. The van der Waals surface area contributed by atoms with Gasteiger partial charge in [0, 0.05) is 10.6 Å². The summed E-state index contributed by atoms with van der Waals surface area (Å²) in [6, 6.07) is 12.5. The summed E-state index contributed by atoms with van der Waals surface area (Å²) in [6.07, 6.45) is 0.171. The minimum absolute atomic E-state index is 0.171. The summed E-state index contributed by atoms with van der Waals surface area (Å²) in [7, 11) is 0. The number of carbonyl (C=O) groups excluding carboxylic acids is 2. The van der Waals surface area contributed by atoms with Crippen LogP contribution in [0, 0.1) is 13.8 Å². The van der Waals surface area contributed by atoms with E-state index in [2.05, 4.69) is 10.9 Å².